The summed E-state index contributed by atoms with van der Waals surface area (Å²) in [6.07, 6.45) is 0.835. The number of rotatable bonds is 7. The van der Waals surface area contributed by atoms with Gasteiger partial charge in [-0.1, -0.05) is 34.6 Å². The lowest BCUT2D eigenvalue weighted by atomic mass is 10.0. The highest BCUT2D eigenvalue weighted by Gasteiger charge is 2.22. The highest BCUT2D eigenvalue weighted by molar-refractivity contribution is 5.79. The monoisotopic (exact) mass is 228 g/mol. The largest absolute Gasteiger partial charge is 0.342 e. The van der Waals surface area contributed by atoms with Gasteiger partial charge < -0.3 is 10.6 Å². The lowest BCUT2D eigenvalue weighted by Gasteiger charge is -2.29. The molecule has 0 aliphatic rings. The van der Waals surface area contributed by atoms with Crippen LogP contribution in [0.2, 0.25) is 0 Å². The predicted molar refractivity (Wildman–Crippen MR) is 69.1 cm³/mol. The molecule has 0 aliphatic heterocycles. The van der Waals surface area contributed by atoms with Gasteiger partial charge in [0.2, 0.25) is 5.91 Å². The second-order valence-electron chi connectivity index (χ2n) is 5.37. The summed E-state index contributed by atoms with van der Waals surface area (Å²) in [5, 5.41) is 0. The fourth-order valence-corrected chi connectivity index (χ4v) is 1.84. The Morgan fingerprint density at radius 1 is 1.12 bits per heavy atom. The zero-order valence-electron chi connectivity index (χ0n) is 11.5. The molecule has 3 heteroatoms. The molecule has 2 N–H and O–H groups in total. The number of carbonyl (C=O) groups excluding carboxylic acids is 1. The van der Waals surface area contributed by atoms with Gasteiger partial charge >= 0.3 is 0 Å². The van der Waals surface area contributed by atoms with Crippen LogP contribution >= 0.6 is 0 Å². The summed E-state index contributed by atoms with van der Waals surface area (Å²) in [6, 6.07) is 0. The van der Waals surface area contributed by atoms with Crippen LogP contribution < -0.4 is 5.73 Å². The Bertz CT molecular complexity index is 188. The van der Waals surface area contributed by atoms with E-state index in [1.165, 1.54) is 0 Å². The van der Waals surface area contributed by atoms with Crippen molar-refractivity contribution in [3.05, 3.63) is 0 Å². The minimum atomic E-state index is -0.00231. The van der Waals surface area contributed by atoms with Crippen LogP contribution in [0.5, 0.6) is 0 Å². The van der Waals surface area contributed by atoms with Gasteiger partial charge in [0.15, 0.2) is 0 Å². The van der Waals surface area contributed by atoms with Crippen molar-refractivity contribution in [2.24, 2.45) is 23.5 Å². The van der Waals surface area contributed by atoms with E-state index in [9.17, 15) is 4.79 Å². The molecule has 0 heterocycles. The molecule has 3 nitrogen and oxygen atoms in total. The second kappa shape index (κ2) is 7.66. The average Bonchev–Trinajstić information content (AvgIpc) is 2.17. The van der Waals surface area contributed by atoms with Crippen molar-refractivity contribution >= 4 is 5.91 Å². The Hall–Kier alpha value is -0.570. The summed E-state index contributed by atoms with van der Waals surface area (Å²) in [6.45, 7) is 12.7. The van der Waals surface area contributed by atoms with Gasteiger partial charge in [-0.25, -0.2) is 0 Å². The van der Waals surface area contributed by atoms with Crippen LogP contribution in [0, 0.1) is 17.8 Å². The number of hydrogen-bond donors (Lipinski definition) is 1. The molecule has 0 saturated heterocycles. The average molecular weight is 228 g/mol. The van der Waals surface area contributed by atoms with Gasteiger partial charge in [-0.3, -0.25) is 4.79 Å². The normalized spacial score (nSPS) is 13.2. The first-order valence-electron chi connectivity index (χ1n) is 6.41. The molecule has 16 heavy (non-hydrogen) atoms. The fraction of sp³-hybridized carbons (Fsp3) is 0.923. The van der Waals surface area contributed by atoms with E-state index in [0.29, 0.717) is 18.4 Å². The van der Waals surface area contributed by atoms with E-state index in [-0.39, 0.29) is 11.8 Å². The maximum atomic E-state index is 12.2. The van der Waals surface area contributed by atoms with Crippen molar-refractivity contribution in [1.29, 1.82) is 0 Å². The van der Waals surface area contributed by atoms with Crippen LogP contribution in [0.1, 0.15) is 41.0 Å². The first-order chi connectivity index (χ1) is 7.42. The Kier molecular flexibility index (Phi) is 7.39. The summed E-state index contributed by atoms with van der Waals surface area (Å²) in [5.74, 6) is 1.25. The minimum Gasteiger partial charge on any atom is -0.342 e. The van der Waals surface area contributed by atoms with Gasteiger partial charge in [-0.2, -0.15) is 0 Å². The van der Waals surface area contributed by atoms with E-state index in [0.717, 1.165) is 19.5 Å². The first kappa shape index (κ1) is 15.4. The molecule has 0 bridgehead atoms. The van der Waals surface area contributed by atoms with Crippen LogP contribution in [0.25, 0.3) is 0 Å². The third kappa shape index (κ3) is 5.50. The summed E-state index contributed by atoms with van der Waals surface area (Å²) in [7, 11) is 0. The standard InChI is InChI=1S/C13H28N2O/c1-6-12(7-14)13(16)15(8-10(2)3)9-11(4)5/h10-12H,6-9,14H2,1-5H3. The van der Waals surface area contributed by atoms with E-state index in [2.05, 4.69) is 27.7 Å². The van der Waals surface area contributed by atoms with Crippen LogP contribution in [-0.4, -0.2) is 30.4 Å². The third-order valence-corrected chi connectivity index (χ3v) is 2.61. The summed E-state index contributed by atoms with van der Waals surface area (Å²) >= 11 is 0. The van der Waals surface area contributed by atoms with Gasteiger partial charge in [0.25, 0.3) is 0 Å². The Morgan fingerprint density at radius 3 is 1.81 bits per heavy atom. The maximum absolute atomic E-state index is 12.2. The van der Waals surface area contributed by atoms with Gasteiger partial charge in [0.05, 0.1) is 5.92 Å². The predicted octanol–water partition coefficient (Wildman–Crippen LogP) is 2.11. The first-order valence-corrected chi connectivity index (χ1v) is 6.41. The maximum Gasteiger partial charge on any atom is 0.226 e. The molecule has 0 aliphatic carbocycles. The number of nitrogens with two attached hydrogens (primary N) is 1. The van der Waals surface area contributed by atoms with Gasteiger partial charge in [-0.05, 0) is 18.3 Å². The lowest BCUT2D eigenvalue weighted by Crippen LogP contribution is -2.42. The van der Waals surface area contributed by atoms with Crippen molar-refractivity contribution in [3.63, 3.8) is 0 Å². The fourth-order valence-electron chi connectivity index (χ4n) is 1.84. The molecule has 0 saturated carbocycles. The molecule has 0 spiro atoms. The van der Waals surface area contributed by atoms with Gasteiger partial charge in [0, 0.05) is 19.6 Å². The second-order valence-corrected chi connectivity index (χ2v) is 5.37. The molecule has 0 aromatic rings. The zero-order chi connectivity index (χ0) is 12.7. The number of amides is 1. The summed E-state index contributed by atoms with van der Waals surface area (Å²) < 4.78 is 0. The molecular formula is C13H28N2O. The van der Waals surface area contributed by atoms with E-state index in [4.69, 9.17) is 5.73 Å². The number of nitrogens with zero attached hydrogens (tertiary/aromatic N) is 1. The molecule has 96 valence electrons. The van der Waals surface area contributed by atoms with Gasteiger partial charge in [0.1, 0.15) is 0 Å². The van der Waals surface area contributed by atoms with E-state index < -0.39 is 0 Å². The molecular weight excluding hydrogens is 200 g/mol. The van der Waals surface area contributed by atoms with Crippen molar-refractivity contribution < 1.29 is 4.79 Å². The minimum absolute atomic E-state index is 0.00231. The highest BCUT2D eigenvalue weighted by atomic mass is 16.2. The van der Waals surface area contributed by atoms with E-state index in [1.54, 1.807) is 0 Å². The highest BCUT2D eigenvalue weighted by Crippen LogP contribution is 2.11. The molecule has 0 rings (SSSR count). The smallest absolute Gasteiger partial charge is 0.226 e. The van der Waals surface area contributed by atoms with Crippen molar-refractivity contribution in [3.8, 4) is 0 Å². The van der Waals surface area contributed by atoms with Crippen LogP contribution in [0.3, 0.4) is 0 Å². The molecule has 0 fully saturated rings. The summed E-state index contributed by atoms with van der Waals surface area (Å²) in [4.78, 5) is 14.2. The van der Waals surface area contributed by atoms with Crippen LogP contribution in [0.4, 0.5) is 0 Å². The third-order valence-electron chi connectivity index (χ3n) is 2.61. The Balaban J connectivity index is 4.53. The molecule has 1 unspecified atom stereocenters. The Morgan fingerprint density at radius 2 is 1.56 bits per heavy atom. The molecule has 1 atom stereocenters. The number of carbonyl (C=O) groups is 1. The molecule has 1 amide bonds. The van der Waals surface area contributed by atoms with Gasteiger partial charge in [-0.15, -0.1) is 0 Å². The van der Waals surface area contributed by atoms with Crippen molar-refractivity contribution in [1.82, 2.24) is 4.90 Å². The molecule has 0 aromatic heterocycles. The summed E-state index contributed by atoms with van der Waals surface area (Å²) in [5.41, 5.74) is 5.64. The lowest BCUT2D eigenvalue weighted by molar-refractivity contribution is -0.136. The Labute approximate surface area is 100 Å². The van der Waals surface area contributed by atoms with Crippen molar-refractivity contribution in [2.75, 3.05) is 19.6 Å². The zero-order valence-corrected chi connectivity index (χ0v) is 11.5. The number of hydrogen-bond acceptors (Lipinski definition) is 2. The topological polar surface area (TPSA) is 46.3 Å². The quantitative estimate of drug-likeness (QED) is 0.725. The van der Waals surface area contributed by atoms with E-state index >= 15 is 0 Å². The van der Waals surface area contributed by atoms with Crippen LogP contribution in [0.15, 0.2) is 0 Å². The van der Waals surface area contributed by atoms with Crippen molar-refractivity contribution in [2.45, 2.75) is 41.0 Å². The molecule has 0 radical (unpaired) electrons. The van der Waals surface area contributed by atoms with E-state index in [1.807, 2.05) is 11.8 Å². The SMILES string of the molecule is CCC(CN)C(=O)N(CC(C)C)CC(C)C. The van der Waals surface area contributed by atoms with Crippen LogP contribution in [-0.2, 0) is 4.79 Å². The molecule has 0 aromatic carbocycles.